The van der Waals surface area contributed by atoms with Crippen LogP contribution in [0.4, 0.5) is 13.2 Å². The van der Waals surface area contributed by atoms with Gasteiger partial charge in [-0.2, -0.15) is 13.2 Å². The maximum Gasteiger partial charge on any atom is 0.416 e. The first-order valence-electron chi connectivity index (χ1n) is 11.7. The van der Waals surface area contributed by atoms with E-state index in [9.17, 15) is 13.2 Å². The van der Waals surface area contributed by atoms with Gasteiger partial charge in [-0.1, -0.05) is 12.1 Å². The minimum absolute atomic E-state index is 0.0895. The molecular formula is C26H27F3N4OS. The predicted octanol–water partition coefficient (Wildman–Crippen LogP) is 5.66. The van der Waals surface area contributed by atoms with Crippen molar-refractivity contribution < 1.29 is 17.9 Å². The van der Waals surface area contributed by atoms with E-state index in [0.717, 1.165) is 48.2 Å². The molecule has 0 aliphatic carbocycles. The van der Waals surface area contributed by atoms with Gasteiger partial charge in [-0.05, 0) is 80.9 Å². The summed E-state index contributed by atoms with van der Waals surface area (Å²) in [5.74, 6) is 0. The molecule has 0 bridgehead atoms. The molecule has 0 spiro atoms. The molecule has 184 valence electrons. The number of aromatic nitrogens is 2. The number of halogens is 3. The van der Waals surface area contributed by atoms with Crippen molar-refractivity contribution in [3.05, 3.63) is 82.9 Å². The molecule has 3 atom stereocenters. The van der Waals surface area contributed by atoms with E-state index in [1.54, 1.807) is 12.3 Å². The summed E-state index contributed by atoms with van der Waals surface area (Å²) in [6, 6.07) is 12.9. The summed E-state index contributed by atoms with van der Waals surface area (Å²) in [5, 5.41) is 4.08. The van der Waals surface area contributed by atoms with Gasteiger partial charge in [-0.3, -0.25) is 4.98 Å². The molecule has 5 nitrogen and oxygen atoms in total. The summed E-state index contributed by atoms with van der Waals surface area (Å²) in [6.45, 7) is 5.26. The Morgan fingerprint density at radius 2 is 1.97 bits per heavy atom. The van der Waals surface area contributed by atoms with Gasteiger partial charge in [0, 0.05) is 36.4 Å². The zero-order chi connectivity index (χ0) is 24.7. The molecule has 0 unspecified atom stereocenters. The Hall–Kier alpha value is -2.91. The molecule has 2 saturated heterocycles. The monoisotopic (exact) mass is 500 g/mol. The summed E-state index contributed by atoms with van der Waals surface area (Å²) in [5.41, 5.74) is 3.40. The van der Waals surface area contributed by atoms with Crippen LogP contribution in [0.3, 0.4) is 0 Å². The smallest absolute Gasteiger partial charge is 0.376 e. The fourth-order valence-electron chi connectivity index (χ4n) is 5.25. The minimum atomic E-state index is -4.41. The maximum absolute atomic E-state index is 13.4. The van der Waals surface area contributed by atoms with Gasteiger partial charge in [0.05, 0.1) is 29.4 Å². The zero-order valence-electron chi connectivity index (χ0n) is 19.5. The third kappa shape index (κ3) is 4.54. The topological polar surface area (TPSA) is 42.3 Å². The molecule has 1 aromatic carbocycles. The number of nitrogens with zero attached hydrogens (tertiary/aromatic N) is 3. The van der Waals surface area contributed by atoms with Crippen LogP contribution >= 0.6 is 12.2 Å². The molecule has 2 aliphatic rings. The summed E-state index contributed by atoms with van der Waals surface area (Å²) in [4.78, 5) is 6.74. The van der Waals surface area contributed by atoms with Gasteiger partial charge in [0.1, 0.15) is 0 Å². The summed E-state index contributed by atoms with van der Waals surface area (Å²) >= 11 is 5.76. The Bertz CT molecular complexity index is 1220. The van der Waals surface area contributed by atoms with Gasteiger partial charge in [-0.15, -0.1) is 0 Å². The lowest BCUT2D eigenvalue weighted by molar-refractivity contribution is -0.137. The van der Waals surface area contributed by atoms with Gasteiger partial charge in [0.2, 0.25) is 0 Å². The standard InChI is InChI=1S/C26H27F3N4OS/c1-16-13-21(17(2)33(16)19-8-5-7-18(14-19)26(27,28)29)24-23(22-10-3-4-11-30-22)31-25(35)32(24)15-20-9-6-12-34-20/h3-5,7-8,10-11,13-14,20,23-24H,6,9,12,15H2,1-2H3,(H,31,35)/t20-,23+,24-/m1/s1. The molecule has 2 fully saturated rings. The first-order chi connectivity index (χ1) is 16.7. The third-order valence-electron chi connectivity index (χ3n) is 6.84. The second-order valence-electron chi connectivity index (χ2n) is 9.12. The van der Waals surface area contributed by atoms with Gasteiger partial charge in [0.15, 0.2) is 5.11 Å². The summed E-state index contributed by atoms with van der Waals surface area (Å²) in [7, 11) is 0. The molecule has 2 aromatic heterocycles. The number of nitrogens with one attached hydrogen (secondary N) is 1. The van der Waals surface area contributed by atoms with Gasteiger partial charge < -0.3 is 19.5 Å². The number of hydrogen-bond donors (Lipinski definition) is 1. The van der Waals surface area contributed by atoms with Gasteiger partial charge in [0.25, 0.3) is 0 Å². The molecule has 3 aromatic rings. The van der Waals surface area contributed by atoms with Crippen LogP contribution in [0.2, 0.25) is 0 Å². The van der Waals surface area contributed by atoms with Crippen molar-refractivity contribution in [2.24, 2.45) is 0 Å². The van der Waals surface area contributed by atoms with Crippen LogP contribution in [0.1, 0.15) is 53.1 Å². The van der Waals surface area contributed by atoms with E-state index >= 15 is 0 Å². The van der Waals surface area contributed by atoms with Crippen molar-refractivity contribution in [3.63, 3.8) is 0 Å². The third-order valence-corrected chi connectivity index (χ3v) is 7.20. The van der Waals surface area contributed by atoms with E-state index in [1.165, 1.54) is 12.1 Å². The Balaban J connectivity index is 1.59. The zero-order valence-corrected chi connectivity index (χ0v) is 20.4. The van der Waals surface area contributed by atoms with Crippen molar-refractivity contribution in [1.82, 2.24) is 19.8 Å². The number of alkyl halides is 3. The first-order valence-corrected chi connectivity index (χ1v) is 12.1. The van der Waals surface area contributed by atoms with Crippen LogP contribution in [0.15, 0.2) is 54.7 Å². The number of benzene rings is 1. The lowest BCUT2D eigenvalue weighted by atomic mass is 9.96. The van der Waals surface area contributed by atoms with E-state index in [4.69, 9.17) is 17.0 Å². The number of aryl methyl sites for hydroxylation is 1. The number of rotatable bonds is 5. The molecule has 4 heterocycles. The van der Waals surface area contributed by atoms with Crippen molar-refractivity contribution >= 4 is 17.3 Å². The number of pyridine rings is 1. The molecule has 9 heteroatoms. The normalized spacial score (nSPS) is 22.6. The lowest BCUT2D eigenvalue weighted by Crippen LogP contribution is -2.36. The highest BCUT2D eigenvalue weighted by Gasteiger charge is 2.42. The largest absolute Gasteiger partial charge is 0.416 e. The Kier molecular flexibility index (Phi) is 6.31. The molecule has 5 rings (SSSR count). The second kappa shape index (κ2) is 9.28. The lowest BCUT2D eigenvalue weighted by Gasteiger charge is -2.30. The predicted molar refractivity (Wildman–Crippen MR) is 131 cm³/mol. The van der Waals surface area contributed by atoms with E-state index in [1.807, 2.05) is 42.7 Å². The van der Waals surface area contributed by atoms with Gasteiger partial charge >= 0.3 is 6.18 Å². The van der Waals surface area contributed by atoms with Crippen LogP contribution < -0.4 is 5.32 Å². The van der Waals surface area contributed by atoms with Crippen LogP contribution in [0, 0.1) is 13.8 Å². The minimum Gasteiger partial charge on any atom is -0.376 e. The first kappa shape index (κ1) is 23.8. The molecule has 35 heavy (non-hydrogen) atoms. The maximum atomic E-state index is 13.4. The van der Waals surface area contributed by atoms with Crippen molar-refractivity contribution in [3.8, 4) is 5.69 Å². The Labute approximate surface area is 207 Å². The van der Waals surface area contributed by atoms with E-state index in [-0.39, 0.29) is 18.2 Å². The van der Waals surface area contributed by atoms with Crippen LogP contribution in [-0.4, -0.2) is 38.8 Å². The van der Waals surface area contributed by atoms with Gasteiger partial charge in [-0.25, -0.2) is 0 Å². The van der Waals surface area contributed by atoms with E-state index in [2.05, 4.69) is 15.2 Å². The average Bonchev–Trinajstić information content (AvgIpc) is 3.53. The fourth-order valence-corrected chi connectivity index (χ4v) is 5.57. The molecule has 2 aliphatic heterocycles. The molecule has 0 amide bonds. The fraction of sp³-hybridized carbons (Fsp3) is 0.385. The Morgan fingerprint density at radius 1 is 1.14 bits per heavy atom. The quantitative estimate of drug-likeness (QED) is 0.458. The van der Waals surface area contributed by atoms with Crippen LogP contribution in [0.5, 0.6) is 0 Å². The SMILES string of the molecule is Cc1cc([C@@H]2[C@H](c3ccccn3)NC(=S)N2C[C@H]2CCCO2)c(C)n1-c1cccc(C(F)(F)F)c1. The second-order valence-corrected chi connectivity index (χ2v) is 9.51. The highest BCUT2D eigenvalue weighted by atomic mass is 32.1. The summed E-state index contributed by atoms with van der Waals surface area (Å²) < 4.78 is 48.0. The highest BCUT2D eigenvalue weighted by Crippen LogP contribution is 2.42. The van der Waals surface area contributed by atoms with Crippen molar-refractivity contribution in [1.29, 1.82) is 0 Å². The molecule has 0 saturated carbocycles. The molecular weight excluding hydrogens is 473 g/mol. The van der Waals surface area contributed by atoms with Crippen LogP contribution in [0.25, 0.3) is 5.69 Å². The van der Waals surface area contributed by atoms with Crippen LogP contribution in [-0.2, 0) is 10.9 Å². The van der Waals surface area contributed by atoms with Crippen molar-refractivity contribution in [2.45, 2.75) is 51.1 Å². The average molecular weight is 501 g/mol. The van der Waals surface area contributed by atoms with E-state index in [0.29, 0.717) is 17.3 Å². The molecule has 0 radical (unpaired) electrons. The summed E-state index contributed by atoms with van der Waals surface area (Å²) in [6.07, 6.45) is -0.560. The number of hydrogen-bond acceptors (Lipinski definition) is 3. The number of thiocarbonyl (C=S) groups is 1. The molecule has 1 N–H and O–H groups in total. The van der Waals surface area contributed by atoms with E-state index < -0.39 is 11.7 Å². The Morgan fingerprint density at radius 3 is 2.66 bits per heavy atom. The number of ether oxygens (including phenoxy) is 1. The van der Waals surface area contributed by atoms with Crippen molar-refractivity contribution in [2.75, 3.05) is 13.2 Å². The highest BCUT2D eigenvalue weighted by molar-refractivity contribution is 7.80.